The molecule has 0 heterocycles. The van der Waals surface area contributed by atoms with E-state index in [9.17, 15) is 4.79 Å². The topological polar surface area (TPSA) is 26.3 Å². The summed E-state index contributed by atoms with van der Waals surface area (Å²) in [5.41, 5.74) is 0.580. The van der Waals surface area contributed by atoms with Crippen LogP contribution in [0.1, 0.15) is 16.8 Å². The van der Waals surface area contributed by atoms with E-state index in [4.69, 9.17) is 4.74 Å². The third-order valence-corrected chi connectivity index (χ3v) is 4.57. The predicted octanol–water partition coefficient (Wildman–Crippen LogP) is 3.19. The van der Waals surface area contributed by atoms with Gasteiger partial charge in [0.1, 0.15) is 0 Å². The summed E-state index contributed by atoms with van der Waals surface area (Å²) in [5, 5.41) is 0. The Morgan fingerprint density at radius 1 is 1.53 bits per heavy atom. The van der Waals surface area contributed by atoms with E-state index in [0.717, 1.165) is 20.5 Å². The number of rotatable bonds is 4. The maximum Gasteiger partial charge on any atom is 0.339 e. The molecule has 0 saturated carbocycles. The highest BCUT2D eigenvalue weighted by Crippen LogP contribution is 2.23. The first-order chi connectivity index (χ1) is 7.16. The second-order valence-corrected chi connectivity index (χ2v) is 5.30. The van der Waals surface area contributed by atoms with Gasteiger partial charge in [0.15, 0.2) is 0 Å². The first kappa shape index (κ1) is 13.2. The fourth-order valence-electron chi connectivity index (χ4n) is 0.976. The Morgan fingerprint density at radius 3 is 2.93 bits per heavy atom. The molecule has 1 aromatic rings. The fraction of sp³-hybridized carbons (Fsp3) is 0.300. The molecule has 2 nitrogen and oxygen atoms in total. The molecular weight excluding hydrogens is 387 g/mol. The molecule has 0 saturated heterocycles. The van der Waals surface area contributed by atoms with Gasteiger partial charge in [-0.2, -0.15) is 0 Å². The lowest BCUT2D eigenvalue weighted by Gasteiger charge is -2.06. The van der Waals surface area contributed by atoms with Gasteiger partial charge in [0.2, 0.25) is 0 Å². The fourth-order valence-corrected chi connectivity index (χ4v) is 2.04. The highest BCUT2D eigenvalue weighted by atomic mass is 127. The Labute approximate surface area is 114 Å². The molecule has 0 aromatic heterocycles. The predicted molar refractivity (Wildman–Crippen MR) is 72.3 cm³/mol. The van der Waals surface area contributed by atoms with E-state index < -0.39 is 0 Å². The normalized spacial score (nSPS) is 10.1. The van der Waals surface area contributed by atoms with Crippen molar-refractivity contribution in [1.82, 2.24) is 0 Å². The summed E-state index contributed by atoms with van der Waals surface area (Å²) in [6.45, 7) is 0.445. The zero-order chi connectivity index (χ0) is 11.3. The van der Waals surface area contributed by atoms with Crippen molar-refractivity contribution in [3.63, 3.8) is 0 Å². The van der Waals surface area contributed by atoms with Crippen LogP contribution in [0.3, 0.4) is 0 Å². The maximum atomic E-state index is 11.6. The monoisotopic (exact) mass is 395 g/mol. The van der Waals surface area contributed by atoms with Crippen LogP contribution in [0.25, 0.3) is 0 Å². The van der Waals surface area contributed by atoms with Crippen LogP contribution in [0.15, 0.2) is 22.7 Å². The number of hydrogen-bond donors (Lipinski definition) is 0. The molecule has 15 heavy (non-hydrogen) atoms. The third-order valence-electron chi connectivity index (χ3n) is 1.73. The standard InChI is InChI=1S/C10H9BrIO2Si/c11-9-7(3-1-4-8(9)12)10(13)14-5-2-6-15/h1,3-4H,2,5-6H2. The Balaban J connectivity index is 2.69. The van der Waals surface area contributed by atoms with Crippen molar-refractivity contribution < 1.29 is 9.53 Å². The van der Waals surface area contributed by atoms with E-state index in [-0.39, 0.29) is 5.97 Å². The number of hydrogen-bond acceptors (Lipinski definition) is 2. The molecule has 0 unspecified atom stereocenters. The second-order valence-electron chi connectivity index (χ2n) is 2.84. The Morgan fingerprint density at radius 2 is 2.27 bits per heavy atom. The van der Waals surface area contributed by atoms with Gasteiger partial charge in [0.05, 0.1) is 12.2 Å². The van der Waals surface area contributed by atoms with Crippen LogP contribution in [0, 0.1) is 3.57 Å². The Kier molecular flexibility index (Phi) is 5.84. The minimum atomic E-state index is -0.277. The van der Waals surface area contributed by atoms with E-state index in [2.05, 4.69) is 48.8 Å². The Hall–Kier alpha value is 0.117. The van der Waals surface area contributed by atoms with Crippen LogP contribution in [0.2, 0.25) is 6.04 Å². The number of ether oxygens (including phenoxy) is 1. The molecule has 0 spiro atoms. The SMILES string of the molecule is O=C(OCCC[Si])c1cccc(I)c1Br. The first-order valence-corrected chi connectivity index (χ1v) is 7.00. The van der Waals surface area contributed by atoms with Crippen molar-refractivity contribution >= 4 is 54.7 Å². The number of benzene rings is 1. The molecule has 0 fully saturated rings. The van der Waals surface area contributed by atoms with Crippen molar-refractivity contribution in [2.24, 2.45) is 0 Å². The van der Waals surface area contributed by atoms with E-state index in [1.165, 1.54) is 0 Å². The van der Waals surface area contributed by atoms with Crippen LogP contribution in [-0.2, 0) is 4.74 Å². The van der Waals surface area contributed by atoms with Crippen LogP contribution in [0.5, 0.6) is 0 Å². The molecule has 0 aliphatic rings. The van der Waals surface area contributed by atoms with Gasteiger partial charge < -0.3 is 4.74 Å². The minimum absolute atomic E-state index is 0.277. The van der Waals surface area contributed by atoms with E-state index >= 15 is 0 Å². The van der Waals surface area contributed by atoms with Crippen LogP contribution in [-0.4, -0.2) is 22.8 Å². The molecule has 1 rings (SSSR count). The molecule has 0 N–H and O–H groups in total. The third kappa shape index (κ3) is 3.88. The lowest BCUT2D eigenvalue weighted by Crippen LogP contribution is -2.07. The van der Waals surface area contributed by atoms with E-state index in [1.807, 2.05) is 12.1 Å². The van der Waals surface area contributed by atoms with Crippen molar-refractivity contribution in [3.05, 3.63) is 31.8 Å². The van der Waals surface area contributed by atoms with Gasteiger partial charge in [-0.05, 0) is 57.1 Å². The summed E-state index contributed by atoms with van der Waals surface area (Å²) >= 11 is 5.54. The average Bonchev–Trinajstić information content (AvgIpc) is 2.22. The van der Waals surface area contributed by atoms with Gasteiger partial charge in [-0.25, -0.2) is 4.79 Å². The zero-order valence-corrected chi connectivity index (χ0v) is 12.7. The minimum Gasteiger partial charge on any atom is -0.462 e. The molecule has 0 aliphatic carbocycles. The van der Waals surface area contributed by atoms with Gasteiger partial charge >= 0.3 is 5.97 Å². The van der Waals surface area contributed by atoms with E-state index in [1.54, 1.807) is 6.07 Å². The number of halogens is 2. The Bertz CT molecular complexity index is 357. The van der Waals surface area contributed by atoms with Crippen LogP contribution in [0.4, 0.5) is 0 Å². The summed E-state index contributed by atoms with van der Waals surface area (Å²) in [6, 6.07) is 6.36. The van der Waals surface area contributed by atoms with Crippen LogP contribution < -0.4 is 0 Å². The average molecular weight is 396 g/mol. The van der Waals surface area contributed by atoms with E-state index in [0.29, 0.717) is 12.2 Å². The van der Waals surface area contributed by atoms with Gasteiger partial charge in [0, 0.05) is 18.3 Å². The quantitative estimate of drug-likeness (QED) is 0.338. The summed E-state index contributed by atoms with van der Waals surface area (Å²) in [7, 11) is 3.33. The van der Waals surface area contributed by atoms with Crippen LogP contribution >= 0.6 is 38.5 Å². The molecule has 0 aliphatic heterocycles. The van der Waals surface area contributed by atoms with Crippen molar-refractivity contribution in [2.75, 3.05) is 6.61 Å². The molecular formula is C10H9BrIO2Si. The molecule has 5 heteroatoms. The number of esters is 1. The molecule has 0 amide bonds. The van der Waals surface area contributed by atoms with Gasteiger partial charge in [-0.1, -0.05) is 12.1 Å². The summed E-state index contributed by atoms with van der Waals surface area (Å²) in [5.74, 6) is -0.277. The number of carbonyl (C=O) groups excluding carboxylic acids is 1. The second kappa shape index (κ2) is 6.65. The zero-order valence-electron chi connectivity index (χ0n) is 7.93. The lowest BCUT2D eigenvalue weighted by molar-refractivity contribution is 0.0504. The van der Waals surface area contributed by atoms with Crippen molar-refractivity contribution in [2.45, 2.75) is 12.5 Å². The number of carbonyl (C=O) groups is 1. The molecule has 1 aromatic carbocycles. The smallest absolute Gasteiger partial charge is 0.339 e. The van der Waals surface area contributed by atoms with Gasteiger partial charge in [-0.15, -0.1) is 0 Å². The summed E-state index contributed by atoms with van der Waals surface area (Å²) in [6.07, 6.45) is 0.824. The largest absolute Gasteiger partial charge is 0.462 e. The van der Waals surface area contributed by atoms with Crippen molar-refractivity contribution in [1.29, 1.82) is 0 Å². The highest BCUT2D eigenvalue weighted by Gasteiger charge is 2.12. The molecule has 3 radical (unpaired) electrons. The molecule has 0 bridgehead atoms. The van der Waals surface area contributed by atoms with Gasteiger partial charge in [0.25, 0.3) is 0 Å². The lowest BCUT2D eigenvalue weighted by atomic mass is 10.2. The summed E-state index contributed by atoms with van der Waals surface area (Å²) < 4.78 is 6.90. The molecule has 79 valence electrons. The highest BCUT2D eigenvalue weighted by molar-refractivity contribution is 14.1. The maximum absolute atomic E-state index is 11.6. The first-order valence-electron chi connectivity index (χ1n) is 4.42. The summed E-state index contributed by atoms with van der Waals surface area (Å²) in [4.78, 5) is 11.6. The van der Waals surface area contributed by atoms with Gasteiger partial charge in [-0.3, -0.25) is 0 Å². The molecule has 0 atom stereocenters. The van der Waals surface area contributed by atoms with Crippen molar-refractivity contribution in [3.8, 4) is 0 Å².